The maximum absolute atomic E-state index is 9.84. The van der Waals surface area contributed by atoms with Crippen LogP contribution in [0.2, 0.25) is 0 Å². The van der Waals surface area contributed by atoms with Gasteiger partial charge in [0.15, 0.2) is 23.0 Å². The SMILES string of the molecule is COc1cc2c(c(OC)c1OC)-c1cc(O)c(O)cc1CC2. The van der Waals surface area contributed by atoms with Crippen LogP contribution in [0.5, 0.6) is 28.7 Å². The van der Waals surface area contributed by atoms with Gasteiger partial charge in [0.25, 0.3) is 0 Å². The molecule has 0 unspecified atom stereocenters. The monoisotopic (exact) mass is 302 g/mol. The smallest absolute Gasteiger partial charge is 0.203 e. The van der Waals surface area contributed by atoms with Crippen molar-refractivity contribution in [2.75, 3.05) is 21.3 Å². The average molecular weight is 302 g/mol. The molecule has 1 aliphatic rings. The Morgan fingerprint density at radius 3 is 2.05 bits per heavy atom. The van der Waals surface area contributed by atoms with E-state index in [1.165, 1.54) is 0 Å². The molecule has 0 atom stereocenters. The molecule has 0 aliphatic heterocycles. The number of hydrogen-bond acceptors (Lipinski definition) is 5. The van der Waals surface area contributed by atoms with Gasteiger partial charge in [-0.1, -0.05) is 0 Å². The molecule has 2 N–H and O–H groups in total. The standard InChI is InChI=1S/C17H18O5/c1-20-14-7-10-5-4-9-6-12(18)13(19)8-11(9)15(10)17(22-3)16(14)21-2/h6-8,18-19H,4-5H2,1-3H3. The number of hydrogen-bond donors (Lipinski definition) is 2. The highest BCUT2D eigenvalue weighted by Crippen LogP contribution is 2.51. The summed E-state index contributed by atoms with van der Waals surface area (Å²) in [4.78, 5) is 0. The van der Waals surface area contributed by atoms with Gasteiger partial charge in [0.2, 0.25) is 5.75 Å². The first-order chi connectivity index (χ1) is 10.6. The fourth-order valence-electron chi connectivity index (χ4n) is 3.03. The number of methoxy groups -OCH3 is 3. The van der Waals surface area contributed by atoms with Gasteiger partial charge in [0.1, 0.15) is 0 Å². The van der Waals surface area contributed by atoms with Gasteiger partial charge in [-0.15, -0.1) is 0 Å². The van der Waals surface area contributed by atoms with Gasteiger partial charge >= 0.3 is 0 Å². The maximum atomic E-state index is 9.84. The molecular formula is C17H18O5. The Balaban J connectivity index is 2.34. The normalized spacial score (nSPS) is 12.3. The van der Waals surface area contributed by atoms with Gasteiger partial charge in [-0.3, -0.25) is 0 Å². The van der Waals surface area contributed by atoms with Crippen molar-refractivity contribution in [2.45, 2.75) is 12.8 Å². The Kier molecular flexibility index (Phi) is 3.48. The zero-order valence-corrected chi connectivity index (χ0v) is 12.8. The molecule has 2 aromatic rings. The molecule has 0 fully saturated rings. The Morgan fingerprint density at radius 2 is 1.41 bits per heavy atom. The molecule has 1 aliphatic carbocycles. The molecule has 22 heavy (non-hydrogen) atoms. The van der Waals surface area contributed by atoms with E-state index in [-0.39, 0.29) is 11.5 Å². The Morgan fingerprint density at radius 1 is 0.773 bits per heavy atom. The van der Waals surface area contributed by atoms with E-state index in [0.29, 0.717) is 17.2 Å². The lowest BCUT2D eigenvalue weighted by atomic mass is 9.84. The van der Waals surface area contributed by atoms with Crippen LogP contribution in [-0.2, 0) is 12.8 Å². The van der Waals surface area contributed by atoms with Crippen molar-refractivity contribution in [3.63, 3.8) is 0 Å². The molecule has 2 aromatic carbocycles. The molecule has 0 heterocycles. The van der Waals surface area contributed by atoms with Crippen molar-refractivity contribution in [1.82, 2.24) is 0 Å². The van der Waals surface area contributed by atoms with Crippen LogP contribution in [-0.4, -0.2) is 31.5 Å². The van der Waals surface area contributed by atoms with Crippen LogP contribution in [0.4, 0.5) is 0 Å². The van der Waals surface area contributed by atoms with Gasteiger partial charge < -0.3 is 24.4 Å². The van der Waals surface area contributed by atoms with Gasteiger partial charge in [-0.05, 0) is 47.7 Å². The lowest BCUT2D eigenvalue weighted by Gasteiger charge is -2.25. The molecular weight excluding hydrogens is 284 g/mol. The van der Waals surface area contributed by atoms with Gasteiger partial charge in [0.05, 0.1) is 21.3 Å². The highest BCUT2D eigenvalue weighted by atomic mass is 16.5. The number of aryl methyl sites for hydroxylation is 2. The summed E-state index contributed by atoms with van der Waals surface area (Å²) in [6.07, 6.45) is 1.57. The summed E-state index contributed by atoms with van der Waals surface area (Å²) in [5.41, 5.74) is 3.74. The zero-order valence-electron chi connectivity index (χ0n) is 12.8. The third-order valence-corrected chi connectivity index (χ3v) is 4.05. The number of aromatic hydroxyl groups is 2. The second-order valence-electron chi connectivity index (χ2n) is 5.18. The van der Waals surface area contributed by atoms with Gasteiger partial charge in [-0.25, -0.2) is 0 Å². The molecule has 0 bridgehead atoms. The van der Waals surface area contributed by atoms with E-state index in [9.17, 15) is 10.2 Å². The predicted octanol–water partition coefficient (Wildman–Crippen LogP) is 2.89. The fourth-order valence-corrected chi connectivity index (χ4v) is 3.03. The van der Waals surface area contributed by atoms with Crippen LogP contribution in [0.3, 0.4) is 0 Å². The van der Waals surface area contributed by atoms with E-state index in [4.69, 9.17) is 14.2 Å². The number of benzene rings is 2. The van der Waals surface area contributed by atoms with E-state index < -0.39 is 0 Å². The largest absolute Gasteiger partial charge is 0.504 e. The molecule has 3 rings (SSSR count). The third kappa shape index (κ3) is 2.01. The molecule has 116 valence electrons. The van der Waals surface area contributed by atoms with Crippen molar-refractivity contribution in [3.05, 3.63) is 29.3 Å². The van der Waals surface area contributed by atoms with E-state index in [1.807, 2.05) is 6.07 Å². The molecule has 5 nitrogen and oxygen atoms in total. The number of phenols is 2. The summed E-state index contributed by atoms with van der Waals surface area (Å²) in [5, 5.41) is 19.6. The third-order valence-electron chi connectivity index (χ3n) is 4.05. The number of phenolic OH excluding ortho intramolecular Hbond substituents is 2. The summed E-state index contributed by atoms with van der Waals surface area (Å²) >= 11 is 0. The highest BCUT2D eigenvalue weighted by molar-refractivity contribution is 5.84. The second kappa shape index (κ2) is 5.33. The summed E-state index contributed by atoms with van der Waals surface area (Å²) in [7, 11) is 4.72. The first-order valence-corrected chi connectivity index (χ1v) is 6.97. The van der Waals surface area contributed by atoms with Crippen molar-refractivity contribution in [2.24, 2.45) is 0 Å². The van der Waals surface area contributed by atoms with Gasteiger partial charge in [0, 0.05) is 5.56 Å². The molecule has 5 heteroatoms. The Hall–Kier alpha value is -2.56. The van der Waals surface area contributed by atoms with Gasteiger partial charge in [-0.2, -0.15) is 0 Å². The van der Waals surface area contributed by atoms with Crippen LogP contribution in [0.25, 0.3) is 11.1 Å². The Labute approximate surface area is 128 Å². The number of rotatable bonds is 3. The Bertz CT molecular complexity index is 737. The number of fused-ring (bicyclic) bond motifs is 3. The van der Waals surface area contributed by atoms with Crippen LogP contribution >= 0.6 is 0 Å². The second-order valence-corrected chi connectivity index (χ2v) is 5.18. The summed E-state index contributed by atoms with van der Waals surface area (Å²) in [6, 6.07) is 5.10. The summed E-state index contributed by atoms with van der Waals surface area (Å²) < 4.78 is 16.4. The summed E-state index contributed by atoms with van der Waals surface area (Å²) in [5.74, 6) is 1.45. The minimum Gasteiger partial charge on any atom is -0.504 e. The van der Waals surface area contributed by atoms with E-state index in [1.54, 1.807) is 33.5 Å². The molecule has 0 radical (unpaired) electrons. The van der Waals surface area contributed by atoms with Crippen LogP contribution in [0.1, 0.15) is 11.1 Å². The summed E-state index contributed by atoms with van der Waals surface area (Å²) in [6.45, 7) is 0. The first kappa shape index (κ1) is 14.4. The van der Waals surface area contributed by atoms with Crippen molar-refractivity contribution < 1.29 is 24.4 Å². The van der Waals surface area contributed by atoms with E-state index >= 15 is 0 Å². The topological polar surface area (TPSA) is 68.2 Å². The van der Waals surface area contributed by atoms with Crippen molar-refractivity contribution in [3.8, 4) is 39.9 Å². The lowest BCUT2D eigenvalue weighted by Crippen LogP contribution is -2.07. The quantitative estimate of drug-likeness (QED) is 0.853. The minimum atomic E-state index is -0.150. The average Bonchev–Trinajstić information content (AvgIpc) is 2.53. The molecule has 0 saturated heterocycles. The fraction of sp³-hybridized carbons (Fsp3) is 0.294. The minimum absolute atomic E-state index is 0.110. The molecule has 0 saturated carbocycles. The highest BCUT2D eigenvalue weighted by Gasteiger charge is 2.27. The van der Waals surface area contributed by atoms with Crippen LogP contribution < -0.4 is 14.2 Å². The van der Waals surface area contributed by atoms with Crippen molar-refractivity contribution in [1.29, 1.82) is 0 Å². The maximum Gasteiger partial charge on any atom is 0.203 e. The van der Waals surface area contributed by atoms with E-state index in [0.717, 1.165) is 35.1 Å². The zero-order chi connectivity index (χ0) is 15.9. The molecule has 0 aromatic heterocycles. The van der Waals surface area contributed by atoms with E-state index in [2.05, 4.69) is 0 Å². The van der Waals surface area contributed by atoms with Crippen molar-refractivity contribution >= 4 is 0 Å². The molecule has 0 amide bonds. The molecule has 0 spiro atoms. The number of ether oxygens (including phenoxy) is 3. The predicted molar refractivity (Wildman–Crippen MR) is 82.3 cm³/mol. The lowest BCUT2D eigenvalue weighted by molar-refractivity contribution is 0.324. The van der Waals surface area contributed by atoms with Crippen LogP contribution in [0, 0.1) is 0 Å². The van der Waals surface area contributed by atoms with Crippen LogP contribution in [0.15, 0.2) is 18.2 Å². The first-order valence-electron chi connectivity index (χ1n) is 6.97.